The van der Waals surface area contributed by atoms with E-state index < -0.39 is 0 Å². The molecule has 0 saturated heterocycles. The summed E-state index contributed by atoms with van der Waals surface area (Å²) in [7, 11) is 0. The van der Waals surface area contributed by atoms with Crippen LogP contribution in [0.1, 0.15) is 12.5 Å². The minimum absolute atomic E-state index is 0.465. The highest BCUT2D eigenvalue weighted by Crippen LogP contribution is 2.34. The van der Waals surface area contributed by atoms with Gasteiger partial charge in [-0.25, -0.2) is 0 Å². The predicted octanol–water partition coefficient (Wildman–Crippen LogP) is 5.63. The highest BCUT2D eigenvalue weighted by molar-refractivity contribution is 14.1. The predicted molar refractivity (Wildman–Crippen MR) is 107 cm³/mol. The molecule has 122 valence electrons. The molecule has 0 aliphatic heterocycles. The Morgan fingerprint density at radius 1 is 1.22 bits per heavy atom. The Hall–Kier alpha value is -1.21. The summed E-state index contributed by atoms with van der Waals surface area (Å²) in [6.07, 6.45) is 1.73. The Balaban J connectivity index is 2.15. The van der Waals surface area contributed by atoms with Crippen LogP contribution in [0.3, 0.4) is 0 Å². The number of halogens is 2. The van der Waals surface area contributed by atoms with Crippen molar-refractivity contribution >= 4 is 44.2 Å². The normalized spacial score (nSPS) is 10.2. The molecule has 2 aromatic rings. The van der Waals surface area contributed by atoms with Crippen LogP contribution in [0.15, 0.2) is 53.5 Å². The number of hydrogen-bond donors (Lipinski definition) is 1. The van der Waals surface area contributed by atoms with Crippen LogP contribution in [0.2, 0.25) is 0 Å². The number of benzene rings is 2. The second kappa shape index (κ2) is 9.17. The van der Waals surface area contributed by atoms with Crippen LogP contribution in [0.25, 0.3) is 0 Å². The van der Waals surface area contributed by atoms with E-state index in [1.807, 2.05) is 37.3 Å². The summed E-state index contributed by atoms with van der Waals surface area (Å²) in [5.41, 5.74) is 2.22. The molecule has 0 spiro atoms. The fourth-order valence-corrected chi connectivity index (χ4v) is 3.13. The molecule has 0 aliphatic rings. The van der Waals surface area contributed by atoms with Gasteiger partial charge in [0.05, 0.1) is 10.2 Å². The molecule has 0 fully saturated rings. The molecule has 0 unspecified atom stereocenters. The molecule has 2 aromatic carbocycles. The van der Waals surface area contributed by atoms with Gasteiger partial charge in [-0.3, -0.25) is 0 Å². The lowest BCUT2D eigenvalue weighted by Gasteiger charge is -2.15. The minimum atomic E-state index is 0.465. The maximum absolute atomic E-state index is 5.73. The van der Waals surface area contributed by atoms with Gasteiger partial charge in [-0.15, -0.1) is 0 Å². The number of rotatable bonds is 8. The van der Waals surface area contributed by atoms with E-state index in [0.29, 0.717) is 13.2 Å². The number of hydrogen-bond acceptors (Lipinski definition) is 3. The molecular weight excluding hydrogens is 469 g/mol. The van der Waals surface area contributed by atoms with Crippen LogP contribution in [0, 0.1) is 3.57 Å². The summed E-state index contributed by atoms with van der Waals surface area (Å²) in [6.45, 7) is 7.44. The first kappa shape index (κ1) is 18.1. The lowest BCUT2D eigenvalue weighted by Crippen LogP contribution is -2.04. The van der Waals surface area contributed by atoms with Gasteiger partial charge in [-0.1, -0.05) is 28.6 Å². The van der Waals surface area contributed by atoms with E-state index in [2.05, 4.69) is 56.5 Å². The summed E-state index contributed by atoms with van der Waals surface area (Å²) < 4.78 is 13.5. The van der Waals surface area contributed by atoms with E-state index in [0.717, 1.165) is 37.3 Å². The zero-order valence-corrected chi connectivity index (χ0v) is 16.7. The lowest BCUT2D eigenvalue weighted by atomic mass is 10.2. The summed E-state index contributed by atoms with van der Waals surface area (Å²) in [5, 5.41) is 3.41. The van der Waals surface area contributed by atoms with Gasteiger partial charge >= 0.3 is 0 Å². The fraction of sp³-hybridized carbons (Fsp3) is 0.222. The van der Waals surface area contributed by atoms with Crippen LogP contribution in [-0.4, -0.2) is 13.2 Å². The van der Waals surface area contributed by atoms with Crippen molar-refractivity contribution in [1.29, 1.82) is 0 Å². The smallest absolute Gasteiger partial charge is 0.174 e. The van der Waals surface area contributed by atoms with Crippen LogP contribution >= 0.6 is 38.5 Å². The summed E-state index contributed by atoms with van der Waals surface area (Å²) >= 11 is 5.72. The molecule has 0 bridgehead atoms. The van der Waals surface area contributed by atoms with Gasteiger partial charge in [0.15, 0.2) is 11.5 Å². The van der Waals surface area contributed by atoms with Crippen molar-refractivity contribution in [3.05, 3.63) is 62.7 Å². The second-order valence-electron chi connectivity index (χ2n) is 4.80. The van der Waals surface area contributed by atoms with Crippen LogP contribution in [0.5, 0.6) is 11.5 Å². The van der Waals surface area contributed by atoms with Gasteiger partial charge in [0.25, 0.3) is 0 Å². The Morgan fingerprint density at radius 3 is 2.61 bits per heavy atom. The zero-order valence-electron chi connectivity index (χ0n) is 12.9. The van der Waals surface area contributed by atoms with Crippen molar-refractivity contribution in [3.8, 4) is 11.5 Å². The molecule has 1 N–H and O–H groups in total. The molecular formula is C18H19BrINO2. The van der Waals surface area contributed by atoms with Crippen LogP contribution in [-0.2, 0) is 6.54 Å². The zero-order chi connectivity index (χ0) is 16.7. The molecule has 2 rings (SSSR count). The van der Waals surface area contributed by atoms with E-state index in [9.17, 15) is 0 Å². The van der Waals surface area contributed by atoms with Crippen molar-refractivity contribution in [1.82, 2.24) is 0 Å². The standard InChI is InChI=1S/C18H19BrINO2/c1-3-9-23-18-16(20)10-13(11-17(18)22-4-2)12-21-15-7-5-14(19)6-8-15/h3,5-8,10-11,21H,1,4,9,12H2,2H3. The highest BCUT2D eigenvalue weighted by atomic mass is 127. The van der Waals surface area contributed by atoms with Crippen LogP contribution < -0.4 is 14.8 Å². The third-order valence-electron chi connectivity index (χ3n) is 3.06. The van der Waals surface area contributed by atoms with Crippen molar-refractivity contribution in [2.75, 3.05) is 18.5 Å². The third kappa shape index (κ3) is 5.42. The molecule has 3 nitrogen and oxygen atoms in total. The number of ether oxygens (including phenoxy) is 2. The van der Waals surface area contributed by atoms with E-state index in [1.165, 1.54) is 0 Å². The van der Waals surface area contributed by atoms with Crippen molar-refractivity contribution in [2.24, 2.45) is 0 Å². The SMILES string of the molecule is C=CCOc1c(I)cc(CNc2ccc(Br)cc2)cc1OCC. The molecule has 0 aliphatic carbocycles. The van der Waals surface area contributed by atoms with Crippen molar-refractivity contribution in [3.63, 3.8) is 0 Å². The minimum Gasteiger partial charge on any atom is -0.490 e. The molecule has 5 heteroatoms. The van der Waals surface area contributed by atoms with Crippen LogP contribution in [0.4, 0.5) is 5.69 Å². The molecule has 0 radical (unpaired) electrons. The van der Waals surface area contributed by atoms with Gasteiger partial charge < -0.3 is 14.8 Å². The van der Waals surface area contributed by atoms with Gasteiger partial charge in [0, 0.05) is 16.7 Å². The molecule has 0 amide bonds. The molecule has 0 aromatic heterocycles. The van der Waals surface area contributed by atoms with E-state index in [4.69, 9.17) is 9.47 Å². The van der Waals surface area contributed by atoms with Crippen molar-refractivity contribution < 1.29 is 9.47 Å². The largest absolute Gasteiger partial charge is 0.490 e. The Labute approximate surface area is 159 Å². The maximum atomic E-state index is 5.73. The van der Waals surface area contributed by atoms with E-state index in [-0.39, 0.29) is 0 Å². The molecule has 0 atom stereocenters. The molecule has 23 heavy (non-hydrogen) atoms. The first-order valence-electron chi connectivity index (χ1n) is 7.32. The first-order chi connectivity index (χ1) is 11.1. The average molecular weight is 488 g/mol. The Morgan fingerprint density at radius 2 is 1.96 bits per heavy atom. The Kier molecular flexibility index (Phi) is 7.23. The van der Waals surface area contributed by atoms with Gasteiger partial charge in [-0.2, -0.15) is 0 Å². The van der Waals surface area contributed by atoms with Crippen molar-refractivity contribution in [2.45, 2.75) is 13.5 Å². The van der Waals surface area contributed by atoms with E-state index >= 15 is 0 Å². The first-order valence-corrected chi connectivity index (χ1v) is 9.19. The van der Waals surface area contributed by atoms with Gasteiger partial charge in [0.1, 0.15) is 6.61 Å². The van der Waals surface area contributed by atoms with Gasteiger partial charge in [0.2, 0.25) is 0 Å². The number of anilines is 1. The van der Waals surface area contributed by atoms with Gasteiger partial charge in [-0.05, 0) is 71.5 Å². The number of nitrogens with one attached hydrogen (secondary N) is 1. The summed E-state index contributed by atoms with van der Waals surface area (Å²) in [4.78, 5) is 0. The third-order valence-corrected chi connectivity index (χ3v) is 4.39. The summed E-state index contributed by atoms with van der Waals surface area (Å²) in [6, 6.07) is 12.2. The monoisotopic (exact) mass is 487 g/mol. The topological polar surface area (TPSA) is 30.5 Å². The highest BCUT2D eigenvalue weighted by Gasteiger charge is 2.12. The fourth-order valence-electron chi connectivity index (χ4n) is 2.04. The average Bonchev–Trinajstić information content (AvgIpc) is 2.54. The maximum Gasteiger partial charge on any atom is 0.174 e. The quantitative estimate of drug-likeness (QED) is 0.386. The Bertz CT molecular complexity index is 659. The second-order valence-corrected chi connectivity index (χ2v) is 6.88. The molecule has 0 saturated carbocycles. The molecule has 0 heterocycles. The summed E-state index contributed by atoms with van der Waals surface area (Å²) in [5.74, 6) is 1.55. The lowest BCUT2D eigenvalue weighted by molar-refractivity contribution is 0.295. The van der Waals surface area contributed by atoms with E-state index in [1.54, 1.807) is 6.08 Å².